The summed E-state index contributed by atoms with van der Waals surface area (Å²) in [5.74, 6) is 1.45. The van der Waals surface area contributed by atoms with Crippen LogP contribution in [-0.2, 0) is 9.53 Å². The van der Waals surface area contributed by atoms with Gasteiger partial charge >= 0.3 is 160 Å². The van der Waals surface area contributed by atoms with Crippen molar-refractivity contribution in [3.8, 4) is 0 Å². The Morgan fingerprint density at radius 2 is 2.12 bits per heavy atom. The SMILES string of the molecule is C[C@H]1[C@@H](c2ccccc2)OC(=[Se])N1C(=O)CCCCC1CCSS1. The molecule has 0 bridgehead atoms. The van der Waals surface area contributed by atoms with E-state index in [1.54, 1.807) is 4.90 Å². The Balaban J connectivity index is 1.50. The molecule has 3 atom stereocenters. The van der Waals surface area contributed by atoms with Crippen LogP contribution in [0.2, 0.25) is 0 Å². The van der Waals surface area contributed by atoms with Gasteiger partial charge in [0, 0.05) is 0 Å². The van der Waals surface area contributed by atoms with Crippen LogP contribution in [0.5, 0.6) is 0 Å². The van der Waals surface area contributed by atoms with E-state index < -0.39 is 0 Å². The van der Waals surface area contributed by atoms with Gasteiger partial charge in [-0.25, -0.2) is 0 Å². The summed E-state index contributed by atoms with van der Waals surface area (Å²) >= 11 is 2.93. The third-order valence-corrected chi connectivity index (χ3v) is 8.18. The molecular weight excluding hydrogens is 405 g/mol. The number of unbranched alkanes of at least 4 members (excludes halogenated alkanes) is 1. The van der Waals surface area contributed by atoms with Crippen molar-refractivity contribution >= 4 is 47.8 Å². The molecule has 2 heterocycles. The van der Waals surface area contributed by atoms with Gasteiger partial charge in [-0.1, -0.05) is 0 Å². The number of hydrogen-bond donors (Lipinski definition) is 0. The molecule has 24 heavy (non-hydrogen) atoms. The second-order valence-corrected chi connectivity index (χ2v) is 9.81. The fourth-order valence-corrected chi connectivity index (χ4v) is 7.02. The van der Waals surface area contributed by atoms with E-state index in [-0.39, 0.29) is 18.1 Å². The summed E-state index contributed by atoms with van der Waals surface area (Å²) in [6, 6.07) is 10.1. The average Bonchev–Trinajstić information content (AvgIpc) is 3.20. The zero-order valence-corrected chi connectivity index (χ0v) is 17.2. The maximum atomic E-state index is 12.6. The van der Waals surface area contributed by atoms with Crippen molar-refractivity contribution in [2.75, 3.05) is 5.75 Å². The minimum atomic E-state index is -0.0849. The van der Waals surface area contributed by atoms with E-state index in [2.05, 4.69) is 34.6 Å². The molecule has 0 radical (unpaired) electrons. The topological polar surface area (TPSA) is 29.5 Å². The summed E-state index contributed by atoms with van der Waals surface area (Å²) in [5.41, 5.74) is 1.11. The number of benzene rings is 1. The molecule has 130 valence electrons. The van der Waals surface area contributed by atoms with Crippen LogP contribution in [0.4, 0.5) is 0 Å². The van der Waals surface area contributed by atoms with Gasteiger partial charge in [0.15, 0.2) is 0 Å². The molecule has 2 aliphatic heterocycles. The number of nitrogens with zero attached hydrogens (tertiary/aromatic N) is 1. The van der Waals surface area contributed by atoms with Crippen LogP contribution in [0.25, 0.3) is 0 Å². The van der Waals surface area contributed by atoms with Gasteiger partial charge in [-0.05, 0) is 0 Å². The number of amides is 1. The van der Waals surface area contributed by atoms with Gasteiger partial charge in [-0.15, -0.1) is 0 Å². The predicted octanol–water partition coefficient (Wildman–Crippen LogP) is 3.95. The number of carbonyl (C=O) groups excluding carboxylic acids is 1. The Labute approximate surface area is 160 Å². The van der Waals surface area contributed by atoms with E-state index in [1.807, 2.05) is 39.8 Å². The van der Waals surface area contributed by atoms with Gasteiger partial charge in [0.05, 0.1) is 0 Å². The first-order valence-electron chi connectivity index (χ1n) is 8.52. The molecule has 1 aromatic rings. The van der Waals surface area contributed by atoms with Gasteiger partial charge < -0.3 is 0 Å². The van der Waals surface area contributed by atoms with Gasteiger partial charge in [-0.3, -0.25) is 0 Å². The van der Waals surface area contributed by atoms with Crippen molar-refractivity contribution in [2.24, 2.45) is 0 Å². The Morgan fingerprint density at radius 3 is 2.83 bits per heavy atom. The second-order valence-electron chi connectivity index (χ2n) is 6.29. The van der Waals surface area contributed by atoms with E-state index in [0.717, 1.165) is 23.7 Å². The number of ether oxygens (including phenoxy) is 1. The summed E-state index contributed by atoms with van der Waals surface area (Å²) in [5, 5.41) is 0.795. The van der Waals surface area contributed by atoms with Crippen LogP contribution in [0.15, 0.2) is 30.3 Å². The van der Waals surface area contributed by atoms with Gasteiger partial charge in [0.2, 0.25) is 0 Å². The zero-order chi connectivity index (χ0) is 16.9. The molecule has 0 aromatic heterocycles. The maximum absolute atomic E-state index is 12.6. The quantitative estimate of drug-likeness (QED) is 0.390. The fraction of sp³-hybridized carbons (Fsp3) is 0.556. The molecular formula is C18H23NO2S2Se. The molecule has 2 fully saturated rings. The molecule has 1 amide bonds. The van der Waals surface area contributed by atoms with E-state index in [0.29, 0.717) is 11.1 Å². The molecule has 3 nitrogen and oxygen atoms in total. The molecule has 0 aliphatic carbocycles. The van der Waals surface area contributed by atoms with Crippen molar-refractivity contribution in [2.45, 2.75) is 56.4 Å². The third-order valence-electron chi connectivity index (χ3n) is 4.56. The summed E-state index contributed by atoms with van der Waals surface area (Å²) in [6.07, 6.45) is 5.17. The normalized spacial score (nSPS) is 26.6. The number of carbonyl (C=O) groups is 1. The van der Waals surface area contributed by atoms with Crippen molar-refractivity contribution in [3.63, 3.8) is 0 Å². The molecule has 1 unspecified atom stereocenters. The van der Waals surface area contributed by atoms with E-state index >= 15 is 0 Å². The summed E-state index contributed by atoms with van der Waals surface area (Å²) < 4.78 is 6.56. The van der Waals surface area contributed by atoms with Crippen molar-refractivity contribution in [3.05, 3.63) is 35.9 Å². The van der Waals surface area contributed by atoms with Crippen molar-refractivity contribution in [1.29, 1.82) is 0 Å². The fourth-order valence-electron chi connectivity index (χ4n) is 3.22. The van der Waals surface area contributed by atoms with E-state index in [9.17, 15) is 4.79 Å². The molecule has 6 heteroatoms. The number of rotatable bonds is 6. The summed E-state index contributed by atoms with van der Waals surface area (Å²) in [6.45, 7) is 2.06. The standard InChI is InChI=1S/C18H23NO2S2Se/c1-13-17(14-7-3-2-4-8-14)21-18(24)19(13)16(20)10-6-5-9-15-11-12-22-23-15/h2-4,7-8,13,15,17H,5-6,9-12H2,1H3/t13-,15?,17-/m0/s1. The molecule has 2 saturated heterocycles. The monoisotopic (exact) mass is 429 g/mol. The van der Waals surface area contributed by atoms with Crippen LogP contribution < -0.4 is 0 Å². The third kappa shape index (κ3) is 4.40. The molecule has 2 aliphatic rings. The molecule has 3 rings (SSSR count). The van der Waals surface area contributed by atoms with E-state index in [4.69, 9.17) is 4.74 Å². The first kappa shape index (κ1) is 18.4. The summed E-state index contributed by atoms with van der Waals surface area (Å²) in [4.78, 5) is 14.4. The van der Waals surface area contributed by atoms with E-state index in [1.165, 1.54) is 18.6 Å². The second kappa shape index (κ2) is 8.79. The Bertz CT molecular complexity index is 578. The zero-order valence-electron chi connectivity index (χ0n) is 13.8. The molecule has 0 saturated carbocycles. The first-order chi connectivity index (χ1) is 11.7. The minimum absolute atomic E-state index is 0.0259. The first-order valence-corrected chi connectivity index (χ1v) is 11.8. The molecule has 0 spiro atoms. The molecule has 1 aromatic carbocycles. The molecule has 0 N–H and O–H groups in total. The van der Waals surface area contributed by atoms with Gasteiger partial charge in [0.1, 0.15) is 0 Å². The van der Waals surface area contributed by atoms with Crippen LogP contribution in [0.1, 0.15) is 50.7 Å². The average molecular weight is 428 g/mol. The Kier molecular flexibility index (Phi) is 6.73. The van der Waals surface area contributed by atoms with Crippen LogP contribution >= 0.6 is 21.6 Å². The Hall–Kier alpha value is -0.421. The predicted molar refractivity (Wildman–Crippen MR) is 104 cm³/mol. The summed E-state index contributed by atoms with van der Waals surface area (Å²) in [7, 11) is 4.00. The number of hydrogen-bond acceptors (Lipinski definition) is 4. The van der Waals surface area contributed by atoms with Crippen LogP contribution in [-0.4, -0.2) is 48.2 Å². The van der Waals surface area contributed by atoms with Crippen LogP contribution in [0.3, 0.4) is 0 Å². The van der Waals surface area contributed by atoms with Crippen molar-refractivity contribution in [1.82, 2.24) is 4.90 Å². The van der Waals surface area contributed by atoms with Crippen LogP contribution in [0, 0.1) is 0 Å². The van der Waals surface area contributed by atoms with Crippen molar-refractivity contribution < 1.29 is 9.53 Å². The van der Waals surface area contributed by atoms with Gasteiger partial charge in [0.25, 0.3) is 0 Å². The van der Waals surface area contributed by atoms with Gasteiger partial charge in [-0.2, -0.15) is 0 Å². The Morgan fingerprint density at radius 1 is 1.33 bits per heavy atom.